The van der Waals surface area contributed by atoms with E-state index in [9.17, 15) is 13.2 Å². The van der Waals surface area contributed by atoms with Crippen LogP contribution in [0, 0.1) is 0 Å². The molecule has 0 radical (unpaired) electrons. The zero-order valence-electron chi connectivity index (χ0n) is 10.5. The van der Waals surface area contributed by atoms with Crippen LogP contribution >= 0.6 is 34.5 Å². The van der Waals surface area contributed by atoms with Crippen LogP contribution in [0.15, 0.2) is 28.6 Å². The Hall–Kier alpha value is -1.35. The average molecular weight is 367 g/mol. The number of carbonyl (C=O) groups excluding carboxylic acids is 1. The van der Waals surface area contributed by atoms with Crippen LogP contribution in [0.5, 0.6) is 0 Å². The summed E-state index contributed by atoms with van der Waals surface area (Å²) in [4.78, 5) is 15.2. The van der Waals surface area contributed by atoms with E-state index in [1.165, 1.54) is 25.3 Å². The maximum atomic E-state index is 12.1. The van der Waals surface area contributed by atoms with Gasteiger partial charge in [-0.2, -0.15) is 0 Å². The lowest BCUT2D eigenvalue weighted by atomic mass is 10.2. The predicted molar refractivity (Wildman–Crippen MR) is 80.7 cm³/mol. The highest BCUT2D eigenvalue weighted by atomic mass is 35.5. The van der Waals surface area contributed by atoms with E-state index >= 15 is 0 Å². The second-order valence-electron chi connectivity index (χ2n) is 3.72. The zero-order chi connectivity index (χ0) is 15.6. The smallest absolute Gasteiger partial charge is 0.339 e. The molecule has 1 aromatic heterocycles. The standard InChI is InChI=1S/C11H8Cl2N2O4S2/c1-19-10(16)7-4-6(2-3-8(7)12)15-21(17,18)9-5-14-11(13)20-9/h2-5,15H,1H3. The number of nitrogens with one attached hydrogen (secondary N) is 1. The van der Waals surface area contributed by atoms with Gasteiger partial charge in [-0.1, -0.05) is 34.5 Å². The first-order valence-corrected chi connectivity index (χ1v) is 8.41. The Morgan fingerprint density at radius 3 is 2.67 bits per heavy atom. The number of anilines is 1. The second kappa shape index (κ2) is 6.18. The van der Waals surface area contributed by atoms with Crippen molar-refractivity contribution in [3.05, 3.63) is 39.4 Å². The minimum Gasteiger partial charge on any atom is -0.465 e. The van der Waals surface area contributed by atoms with Gasteiger partial charge >= 0.3 is 5.97 Å². The topological polar surface area (TPSA) is 85.4 Å². The Morgan fingerprint density at radius 1 is 1.38 bits per heavy atom. The van der Waals surface area contributed by atoms with E-state index in [0.29, 0.717) is 0 Å². The van der Waals surface area contributed by atoms with E-state index in [0.717, 1.165) is 17.5 Å². The summed E-state index contributed by atoms with van der Waals surface area (Å²) in [6, 6.07) is 4.11. The average Bonchev–Trinajstić information content (AvgIpc) is 2.87. The fraction of sp³-hybridized carbons (Fsp3) is 0.0909. The van der Waals surface area contributed by atoms with Crippen molar-refractivity contribution in [2.75, 3.05) is 11.8 Å². The van der Waals surface area contributed by atoms with E-state index in [1.807, 2.05) is 0 Å². The van der Waals surface area contributed by atoms with Gasteiger partial charge in [-0.05, 0) is 18.2 Å². The van der Waals surface area contributed by atoms with Gasteiger partial charge in [0.15, 0.2) is 8.68 Å². The highest BCUT2D eigenvalue weighted by Crippen LogP contribution is 2.26. The molecule has 1 heterocycles. The van der Waals surface area contributed by atoms with Gasteiger partial charge in [-0.15, -0.1) is 0 Å². The van der Waals surface area contributed by atoms with Crippen molar-refractivity contribution in [3.8, 4) is 0 Å². The minimum absolute atomic E-state index is 0.0398. The van der Waals surface area contributed by atoms with Crippen molar-refractivity contribution in [2.24, 2.45) is 0 Å². The van der Waals surface area contributed by atoms with Crippen LogP contribution in [-0.4, -0.2) is 26.5 Å². The zero-order valence-corrected chi connectivity index (χ0v) is 13.6. The summed E-state index contributed by atoms with van der Waals surface area (Å²) < 4.78 is 31.2. The Kier molecular flexibility index (Phi) is 4.72. The number of halogens is 2. The quantitative estimate of drug-likeness (QED) is 0.840. The van der Waals surface area contributed by atoms with E-state index in [2.05, 4.69) is 14.4 Å². The molecule has 0 aliphatic rings. The highest BCUT2D eigenvalue weighted by Gasteiger charge is 2.19. The van der Waals surface area contributed by atoms with Crippen molar-refractivity contribution in [1.29, 1.82) is 0 Å². The fourth-order valence-corrected chi connectivity index (χ4v) is 3.96. The maximum Gasteiger partial charge on any atom is 0.339 e. The molecule has 2 rings (SSSR count). The number of benzene rings is 1. The number of sulfonamides is 1. The van der Waals surface area contributed by atoms with Crippen molar-refractivity contribution >= 4 is 56.2 Å². The molecule has 6 nitrogen and oxygen atoms in total. The third-order valence-electron chi connectivity index (χ3n) is 2.35. The number of nitrogens with zero attached hydrogens (tertiary/aromatic N) is 1. The predicted octanol–water partition coefficient (Wildman–Crippen LogP) is 3.04. The van der Waals surface area contributed by atoms with Crippen LogP contribution in [0.25, 0.3) is 0 Å². The number of thiazole rings is 1. The third kappa shape index (κ3) is 3.65. The molecule has 0 bridgehead atoms. The van der Waals surface area contributed by atoms with E-state index < -0.39 is 16.0 Å². The lowest BCUT2D eigenvalue weighted by Gasteiger charge is -2.08. The molecule has 1 N–H and O–H groups in total. The highest BCUT2D eigenvalue weighted by molar-refractivity contribution is 7.94. The van der Waals surface area contributed by atoms with E-state index in [4.69, 9.17) is 23.2 Å². The molecule has 0 spiro atoms. The number of esters is 1. The van der Waals surface area contributed by atoms with Crippen LogP contribution in [0.2, 0.25) is 9.49 Å². The fourth-order valence-electron chi connectivity index (χ4n) is 1.42. The molecule has 2 aromatic rings. The number of aromatic nitrogens is 1. The molecule has 0 saturated carbocycles. The van der Waals surface area contributed by atoms with Gasteiger partial charge < -0.3 is 4.74 Å². The summed E-state index contributed by atoms with van der Waals surface area (Å²) in [6.45, 7) is 0. The lowest BCUT2D eigenvalue weighted by molar-refractivity contribution is 0.0601. The number of hydrogen-bond donors (Lipinski definition) is 1. The Morgan fingerprint density at radius 2 is 2.10 bits per heavy atom. The molecule has 1 aromatic carbocycles. The molecule has 0 aliphatic heterocycles. The number of methoxy groups -OCH3 is 1. The van der Waals surface area contributed by atoms with Crippen molar-refractivity contribution in [2.45, 2.75) is 4.21 Å². The third-order valence-corrected chi connectivity index (χ3v) is 5.63. The normalized spacial score (nSPS) is 11.2. The summed E-state index contributed by atoms with van der Waals surface area (Å²) in [7, 11) is -2.62. The summed E-state index contributed by atoms with van der Waals surface area (Å²) in [5.41, 5.74) is 0.228. The SMILES string of the molecule is COC(=O)c1cc(NS(=O)(=O)c2cnc(Cl)s2)ccc1Cl. The van der Waals surface area contributed by atoms with Crippen molar-refractivity contribution in [3.63, 3.8) is 0 Å². The van der Waals surface area contributed by atoms with Crippen LogP contribution in [0.1, 0.15) is 10.4 Å². The molecule has 21 heavy (non-hydrogen) atoms. The number of carbonyl (C=O) groups is 1. The van der Waals surface area contributed by atoms with Crippen LogP contribution in [0.4, 0.5) is 5.69 Å². The van der Waals surface area contributed by atoms with Gasteiger partial charge in [-0.25, -0.2) is 18.2 Å². The summed E-state index contributed by atoms with van der Waals surface area (Å²) >= 11 is 12.3. The molecule has 0 saturated heterocycles. The molecule has 10 heteroatoms. The maximum absolute atomic E-state index is 12.1. The number of hydrogen-bond acceptors (Lipinski definition) is 6. The van der Waals surface area contributed by atoms with Gasteiger partial charge in [0.1, 0.15) is 0 Å². The largest absolute Gasteiger partial charge is 0.465 e. The first-order chi connectivity index (χ1) is 9.83. The molecule has 0 fully saturated rings. The molecule has 0 atom stereocenters. The minimum atomic E-state index is -3.83. The van der Waals surface area contributed by atoms with Crippen molar-refractivity contribution in [1.82, 2.24) is 4.98 Å². The molecule has 0 aliphatic carbocycles. The van der Waals surface area contributed by atoms with Crippen LogP contribution in [0.3, 0.4) is 0 Å². The van der Waals surface area contributed by atoms with Crippen LogP contribution < -0.4 is 4.72 Å². The molecular formula is C11H8Cl2N2O4S2. The van der Waals surface area contributed by atoms with Crippen LogP contribution in [-0.2, 0) is 14.8 Å². The number of rotatable bonds is 4. The Labute approximate surface area is 134 Å². The Bertz CT molecular complexity index is 789. The summed E-state index contributed by atoms with van der Waals surface area (Å²) in [5.74, 6) is -0.665. The summed E-state index contributed by atoms with van der Waals surface area (Å²) in [6.07, 6.45) is 1.15. The second-order valence-corrected chi connectivity index (χ2v) is 7.65. The molecular weight excluding hydrogens is 359 g/mol. The van der Waals surface area contributed by atoms with Gasteiger partial charge in [0.25, 0.3) is 10.0 Å². The van der Waals surface area contributed by atoms with Gasteiger partial charge in [-0.3, -0.25) is 4.72 Å². The molecule has 0 amide bonds. The first-order valence-electron chi connectivity index (χ1n) is 5.35. The first kappa shape index (κ1) is 16.0. The monoisotopic (exact) mass is 366 g/mol. The molecule has 112 valence electrons. The van der Waals surface area contributed by atoms with Gasteiger partial charge in [0.05, 0.1) is 23.9 Å². The Balaban J connectivity index is 2.34. The summed E-state index contributed by atoms with van der Waals surface area (Å²) in [5, 5.41) is 0.158. The van der Waals surface area contributed by atoms with Gasteiger partial charge in [0, 0.05) is 5.69 Å². The van der Waals surface area contributed by atoms with E-state index in [1.54, 1.807) is 0 Å². The lowest BCUT2D eigenvalue weighted by Crippen LogP contribution is -2.12. The van der Waals surface area contributed by atoms with Gasteiger partial charge in [0.2, 0.25) is 0 Å². The van der Waals surface area contributed by atoms with Crippen molar-refractivity contribution < 1.29 is 17.9 Å². The molecule has 0 unspecified atom stereocenters. The van der Waals surface area contributed by atoms with E-state index in [-0.39, 0.29) is 24.9 Å². The number of ether oxygens (including phenoxy) is 1.